The van der Waals surface area contributed by atoms with Crippen LogP contribution in [0.1, 0.15) is 65.0 Å². The molecule has 188 valence electrons. The van der Waals surface area contributed by atoms with Crippen molar-refractivity contribution in [1.82, 2.24) is 10.3 Å². The molecule has 6 nitrogen and oxygen atoms in total. The summed E-state index contributed by atoms with van der Waals surface area (Å²) in [6.45, 7) is 16.6. The van der Waals surface area contributed by atoms with Crippen molar-refractivity contribution < 1.29 is 14.2 Å². The Morgan fingerprint density at radius 1 is 1.12 bits per heavy atom. The zero-order chi connectivity index (χ0) is 24.8. The molecule has 6 heteroatoms. The van der Waals surface area contributed by atoms with Crippen LogP contribution in [0.5, 0.6) is 0 Å². The number of hydrogen-bond acceptors (Lipinski definition) is 6. The van der Waals surface area contributed by atoms with E-state index >= 15 is 0 Å². The van der Waals surface area contributed by atoms with Gasteiger partial charge >= 0.3 is 0 Å². The number of hydrogen-bond donors (Lipinski definition) is 1. The zero-order valence-electron chi connectivity index (χ0n) is 21.9. The molecule has 0 bridgehead atoms. The third-order valence-corrected chi connectivity index (χ3v) is 5.35. The van der Waals surface area contributed by atoms with E-state index in [1.165, 1.54) is 5.56 Å². The van der Waals surface area contributed by atoms with Crippen molar-refractivity contribution in [2.24, 2.45) is 5.10 Å². The number of ether oxygens (including phenoxy) is 3. The van der Waals surface area contributed by atoms with Gasteiger partial charge in [0.25, 0.3) is 0 Å². The van der Waals surface area contributed by atoms with Crippen molar-refractivity contribution in [1.29, 1.82) is 0 Å². The molecule has 0 aliphatic carbocycles. The monoisotopic (exact) mass is 469 g/mol. The Balaban J connectivity index is 2.18. The second-order valence-corrected chi connectivity index (χ2v) is 8.82. The fourth-order valence-corrected chi connectivity index (χ4v) is 3.64. The van der Waals surface area contributed by atoms with Crippen LogP contribution in [0.15, 0.2) is 64.2 Å². The van der Waals surface area contributed by atoms with E-state index in [9.17, 15) is 0 Å². The lowest BCUT2D eigenvalue weighted by Gasteiger charge is -2.26. The molecule has 1 fully saturated rings. The van der Waals surface area contributed by atoms with Gasteiger partial charge in [0.2, 0.25) is 0 Å². The van der Waals surface area contributed by atoms with Gasteiger partial charge in [-0.05, 0) is 58.3 Å². The molecule has 0 spiro atoms. The molecule has 1 aromatic carbocycles. The van der Waals surface area contributed by atoms with E-state index in [-0.39, 0.29) is 6.29 Å². The van der Waals surface area contributed by atoms with Crippen LogP contribution in [0.2, 0.25) is 0 Å². The van der Waals surface area contributed by atoms with Gasteiger partial charge in [0.15, 0.2) is 6.29 Å². The van der Waals surface area contributed by atoms with Crippen LogP contribution in [0, 0.1) is 6.92 Å². The Morgan fingerprint density at radius 2 is 1.82 bits per heavy atom. The summed E-state index contributed by atoms with van der Waals surface area (Å²) < 4.78 is 17.0. The van der Waals surface area contributed by atoms with E-state index in [0.29, 0.717) is 19.8 Å². The molecular formula is C28H43N3O3. The van der Waals surface area contributed by atoms with Gasteiger partial charge in [-0.15, -0.1) is 0 Å². The largest absolute Gasteiger partial charge is 0.498 e. The van der Waals surface area contributed by atoms with Gasteiger partial charge in [-0.25, -0.2) is 0 Å². The Hall–Kier alpha value is -2.57. The Labute approximate surface area is 206 Å². The minimum atomic E-state index is -0.146. The molecule has 1 saturated heterocycles. The maximum absolute atomic E-state index is 6.00. The first kappa shape index (κ1) is 27.7. The van der Waals surface area contributed by atoms with Crippen molar-refractivity contribution in [3.63, 3.8) is 0 Å². The summed E-state index contributed by atoms with van der Waals surface area (Å²) in [7, 11) is 0. The molecule has 1 N–H and O–H groups in total. The van der Waals surface area contributed by atoms with E-state index in [2.05, 4.69) is 80.4 Å². The number of nitrogens with one attached hydrogen (secondary N) is 1. The minimum absolute atomic E-state index is 0.146. The molecule has 0 aromatic heterocycles. The average Bonchev–Trinajstić information content (AvgIpc) is 3.31. The predicted molar refractivity (Wildman–Crippen MR) is 141 cm³/mol. The summed E-state index contributed by atoms with van der Waals surface area (Å²) in [5, 5.41) is 4.51. The third kappa shape index (κ3) is 10.1. The van der Waals surface area contributed by atoms with Gasteiger partial charge < -0.3 is 19.1 Å². The molecule has 1 aliphatic heterocycles. The lowest BCUT2D eigenvalue weighted by molar-refractivity contribution is -0.0571. The molecule has 0 saturated carbocycles. The zero-order valence-corrected chi connectivity index (χ0v) is 21.9. The molecule has 2 rings (SSSR count). The Morgan fingerprint density at radius 3 is 2.44 bits per heavy atom. The summed E-state index contributed by atoms with van der Waals surface area (Å²) in [6.07, 6.45) is 8.88. The van der Waals surface area contributed by atoms with Gasteiger partial charge in [0.05, 0.1) is 37.5 Å². The van der Waals surface area contributed by atoms with Gasteiger partial charge in [-0.1, -0.05) is 49.2 Å². The summed E-state index contributed by atoms with van der Waals surface area (Å²) >= 11 is 0. The maximum Gasteiger partial charge on any atom is 0.161 e. The van der Waals surface area contributed by atoms with Gasteiger partial charge in [-0.3, -0.25) is 5.43 Å². The second-order valence-electron chi connectivity index (χ2n) is 8.82. The van der Waals surface area contributed by atoms with Gasteiger partial charge in [0, 0.05) is 25.2 Å². The highest BCUT2D eigenvalue weighted by atomic mass is 16.7. The fourth-order valence-electron chi connectivity index (χ4n) is 3.64. The first-order chi connectivity index (χ1) is 16.4. The second kappa shape index (κ2) is 15.4. The number of allylic oxidation sites excluding steroid dienone is 4. The summed E-state index contributed by atoms with van der Waals surface area (Å²) in [5.41, 5.74) is 8.80. The number of nitrogens with zero attached hydrogens (tertiary/aromatic N) is 2. The molecule has 1 aliphatic rings. The standard InChI is InChI=1S/C28H43N3O3/c1-7-13-31(14-8-2)26(19-24(6)32-15-12-28-33-16-17-34-28)20-27(22(3)4)30-29-21-25-11-9-10-23(5)18-25/h9-11,18-21,28,30H,7-8,12-17H2,1-6H3/b24-19+,26-20+,29-21+. The van der Waals surface area contributed by atoms with Crippen LogP contribution in [0.4, 0.5) is 0 Å². The van der Waals surface area contributed by atoms with E-state index in [1.807, 2.05) is 19.2 Å². The number of rotatable bonds is 14. The SMILES string of the molecule is CCCN(CCC)C(/C=C(\C)OCCC1OCCO1)=C/C(N/N=C/c1cccc(C)c1)=C(C)C. The van der Waals surface area contributed by atoms with Gasteiger partial charge in [0.1, 0.15) is 0 Å². The van der Waals surface area contributed by atoms with Crippen molar-refractivity contribution in [3.05, 3.63) is 70.3 Å². The van der Waals surface area contributed by atoms with Crippen molar-refractivity contribution in [2.75, 3.05) is 32.9 Å². The van der Waals surface area contributed by atoms with Crippen LogP contribution in [0.25, 0.3) is 0 Å². The molecule has 34 heavy (non-hydrogen) atoms. The lowest BCUT2D eigenvalue weighted by Crippen LogP contribution is -2.25. The van der Waals surface area contributed by atoms with Crippen LogP contribution in [-0.2, 0) is 14.2 Å². The molecule has 1 heterocycles. The normalized spacial score (nSPS) is 15.1. The van der Waals surface area contributed by atoms with Crippen LogP contribution in [-0.4, -0.2) is 50.3 Å². The first-order valence-corrected chi connectivity index (χ1v) is 12.5. The van der Waals surface area contributed by atoms with Crippen molar-refractivity contribution in [2.45, 2.75) is 67.1 Å². The number of aryl methyl sites for hydroxylation is 1. The molecule has 0 radical (unpaired) electrons. The molecular weight excluding hydrogens is 426 g/mol. The summed E-state index contributed by atoms with van der Waals surface area (Å²) in [4.78, 5) is 2.41. The highest BCUT2D eigenvalue weighted by Gasteiger charge is 2.15. The maximum atomic E-state index is 6.00. The van der Waals surface area contributed by atoms with E-state index in [4.69, 9.17) is 14.2 Å². The third-order valence-electron chi connectivity index (χ3n) is 5.35. The smallest absolute Gasteiger partial charge is 0.161 e. The summed E-state index contributed by atoms with van der Waals surface area (Å²) in [5.74, 6) is 0.873. The highest BCUT2D eigenvalue weighted by molar-refractivity contribution is 5.79. The van der Waals surface area contributed by atoms with Crippen LogP contribution in [0.3, 0.4) is 0 Å². The van der Waals surface area contributed by atoms with Crippen molar-refractivity contribution >= 4 is 6.21 Å². The minimum Gasteiger partial charge on any atom is -0.498 e. The molecule has 0 amide bonds. The number of hydrazone groups is 1. The lowest BCUT2D eigenvalue weighted by atomic mass is 10.1. The Bertz CT molecular complexity index is 857. The van der Waals surface area contributed by atoms with Gasteiger partial charge in [-0.2, -0.15) is 5.10 Å². The Kier molecular flexibility index (Phi) is 12.5. The molecule has 1 aromatic rings. The van der Waals surface area contributed by atoms with Crippen LogP contribution >= 0.6 is 0 Å². The van der Waals surface area contributed by atoms with Crippen molar-refractivity contribution in [3.8, 4) is 0 Å². The van der Waals surface area contributed by atoms with E-state index in [1.54, 1.807) is 0 Å². The average molecular weight is 470 g/mol. The van der Waals surface area contributed by atoms with Crippen LogP contribution < -0.4 is 5.43 Å². The number of benzene rings is 1. The van der Waals surface area contributed by atoms with E-state index < -0.39 is 0 Å². The molecule has 0 atom stereocenters. The van der Waals surface area contributed by atoms with E-state index in [0.717, 1.165) is 60.6 Å². The summed E-state index contributed by atoms with van der Waals surface area (Å²) in [6, 6.07) is 8.30. The molecule has 0 unspecified atom stereocenters. The quantitative estimate of drug-likeness (QED) is 0.159. The topological polar surface area (TPSA) is 55.3 Å². The predicted octanol–water partition coefficient (Wildman–Crippen LogP) is 5.90. The fraction of sp³-hybridized carbons (Fsp3) is 0.536. The highest BCUT2D eigenvalue weighted by Crippen LogP contribution is 2.17. The first-order valence-electron chi connectivity index (χ1n) is 12.5.